The number of carbonyl (C=O) groups is 1. The molecule has 6 nitrogen and oxygen atoms in total. The lowest BCUT2D eigenvalue weighted by atomic mass is 10.0. The van der Waals surface area contributed by atoms with Crippen molar-refractivity contribution in [2.24, 2.45) is 5.73 Å². The minimum absolute atomic E-state index is 0.192. The molecule has 0 unspecified atom stereocenters. The van der Waals surface area contributed by atoms with E-state index in [0.717, 1.165) is 11.3 Å². The zero-order valence-corrected chi connectivity index (χ0v) is 19.3. The highest BCUT2D eigenvalue weighted by molar-refractivity contribution is 7.10. The normalized spacial score (nSPS) is 13.1. The molecule has 0 aliphatic rings. The van der Waals surface area contributed by atoms with Gasteiger partial charge in [-0.15, -0.1) is 11.3 Å². The lowest BCUT2D eigenvalue weighted by Gasteiger charge is -2.22. The Hall–Kier alpha value is -2.94. The van der Waals surface area contributed by atoms with E-state index in [0.29, 0.717) is 19.4 Å². The maximum absolute atomic E-state index is 11.4. The zero-order chi connectivity index (χ0) is 22.5. The van der Waals surface area contributed by atoms with Crippen LogP contribution < -0.4 is 10.5 Å². The van der Waals surface area contributed by atoms with Gasteiger partial charge in [0.25, 0.3) is 5.91 Å². The zero-order valence-electron chi connectivity index (χ0n) is 17.7. The van der Waals surface area contributed by atoms with Crippen LogP contribution in [0.4, 0.5) is 0 Å². The van der Waals surface area contributed by atoms with E-state index in [4.69, 9.17) is 10.5 Å². The minimum atomic E-state index is -0.611. The van der Waals surface area contributed by atoms with Crippen molar-refractivity contribution in [3.05, 3.63) is 81.2 Å². The van der Waals surface area contributed by atoms with Crippen LogP contribution in [0, 0.1) is 0 Å². The molecule has 166 valence electrons. The summed E-state index contributed by atoms with van der Waals surface area (Å²) in [5.74, 6) is 0.258. The van der Waals surface area contributed by atoms with Crippen molar-refractivity contribution < 1.29 is 14.6 Å². The molecule has 0 aliphatic carbocycles. The topological polar surface area (TPSA) is 90.4 Å². The summed E-state index contributed by atoms with van der Waals surface area (Å²) in [5.41, 5.74) is 9.03. The van der Waals surface area contributed by atoms with Gasteiger partial charge in [0.2, 0.25) is 0 Å². The van der Waals surface area contributed by atoms with Crippen LogP contribution >= 0.6 is 22.7 Å². The van der Waals surface area contributed by atoms with Gasteiger partial charge in [-0.1, -0.05) is 18.2 Å². The molecule has 0 bridgehead atoms. The molecule has 0 saturated heterocycles. The number of aliphatic hydroxyl groups excluding tert-OH is 1. The van der Waals surface area contributed by atoms with E-state index >= 15 is 0 Å². The second kappa shape index (κ2) is 10.1. The van der Waals surface area contributed by atoms with Gasteiger partial charge in [0, 0.05) is 11.1 Å². The first-order chi connectivity index (χ1) is 15.5. The molecule has 1 aromatic carbocycles. The van der Waals surface area contributed by atoms with Crippen LogP contribution in [0.15, 0.2) is 65.1 Å². The molecular formula is C24H25N3O3S2. The number of nitrogens with zero attached hydrogens (tertiary/aromatic N) is 2. The first-order valence-electron chi connectivity index (χ1n) is 10.3. The highest BCUT2D eigenvalue weighted by Gasteiger charge is 2.19. The van der Waals surface area contributed by atoms with Crippen LogP contribution in [0.2, 0.25) is 0 Å². The van der Waals surface area contributed by atoms with E-state index < -0.39 is 12.0 Å². The number of rotatable bonds is 10. The Kier molecular flexibility index (Phi) is 7.04. The number of benzene rings is 1. The Bertz CT molecular complexity index is 1160. The summed E-state index contributed by atoms with van der Waals surface area (Å²) >= 11 is 3.39. The molecule has 0 fully saturated rings. The monoisotopic (exact) mass is 467 g/mol. The summed E-state index contributed by atoms with van der Waals surface area (Å²) < 4.78 is 7.91. The van der Waals surface area contributed by atoms with Crippen LogP contribution in [0.1, 0.15) is 40.3 Å². The number of para-hydroxylation sites is 1. The second-order valence-electron chi connectivity index (χ2n) is 7.63. The number of aliphatic hydroxyl groups is 1. The number of imidazole rings is 1. The van der Waals surface area contributed by atoms with E-state index in [1.165, 1.54) is 16.0 Å². The molecule has 32 heavy (non-hydrogen) atoms. The molecule has 2 atom stereocenters. The Morgan fingerprint density at radius 3 is 2.81 bits per heavy atom. The number of aromatic nitrogens is 2. The van der Waals surface area contributed by atoms with Gasteiger partial charge in [0.05, 0.1) is 18.5 Å². The summed E-state index contributed by atoms with van der Waals surface area (Å²) in [4.78, 5) is 16.6. The predicted octanol–water partition coefficient (Wildman–Crippen LogP) is 4.91. The van der Waals surface area contributed by atoms with Crippen LogP contribution in [0.25, 0.3) is 11.1 Å². The Morgan fingerprint density at radius 1 is 1.25 bits per heavy atom. The van der Waals surface area contributed by atoms with E-state index in [9.17, 15) is 9.90 Å². The van der Waals surface area contributed by atoms with Gasteiger partial charge in [-0.25, -0.2) is 4.98 Å². The summed E-state index contributed by atoms with van der Waals surface area (Å²) in [6, 6.07) is 12.0. The molecule has 3 aromatic heterocycles. The largest absolute Gasteiger partial charge is 0.488 e. The van der Waals surface area contributed by atoms with Gasteiger partial charge in [-0.05, 0) is 70.8 Å². The lowest BCUT2D eigenvalue weighted by Crippen LogP contribution is -2.21. The van der Waals surface area contributed by atoms with Gasteiger partial charge in [-0.2, -0.15) is 11.3 Å². The van der Waals surface area contributed by atoms with Crippen molar-refractivity contribution in [2.75, 3.05) is 0 Å². The maximum Gasteiger partial charge on any atom is 0.268 e. The first-order valence-corrected chi connectivity index (χ1v) is 12.2. The van der Waals surface area contributed by atoms with Gasteiger partial charge in [0.1, 0.15) is 18.1 Å². The average Bonchev–Trinajstić information content (AvgIpc) is 3.54. The minimum Gasteiger partial charge on any atom is -0.488 e. The Balaban J connectivity index is 1.42. The molecule has 4 aromatic rings. The first kappa shape index (κ1) is 22.3. The number of ether oxygens (including phenoxy) is 1. The molecular weight excluding hydrogens is 442 g/mol. The number of aryl methyl sites for hydroxylation is 1. The van der Waals surface area contributed by atoms with E-state index in [-0.39, 0.29) is 11.7 Å². The summed E-state index contributed by atoms with van der Waals surface area (Å²) in [6.45, 7) is 2.24. The van der Waals surface area contributed by atoms with Crippen LogP contribution in [0.3, 0.4) is 0 Å². The van der Waals surface area contributed by atoms with Crippen molar-refractivity contribution in [1.82, 2.24) is 9.55 Å². The third kappa shape index (κ3) is 5.27. The van der Waals surface area contributed by atoms with E-state index in [1.807, 2.05) is 24.3 Å². The molecule has 4 rings (SSSR count). The fourth-order valence-corrected chi connectivity index (χ4v) is 5.09. The molecule has 1 amide bonds. The Morgan fingerprint density at radius 2 is 2.09 bits per heavy atom. The highest BCUT2D eigenvalue weighted by Crippen LogP contribution is 2.29. The molecule has 0 saturated carbocycles. The van der Waals surface area contributed by atoms with E-state index in [1.54, 1.807) is 46.7 Å². The second-order valence-corrected chi connectivity index (χ2v) is 9.40. The van der Waals surface area contributed by atoms with Crippen LogP contribution in [0.5, 0.6) is 5.75 Å². The van der Waals surface area contributed by atoms with Gasteiger partial charge in [-0.3, -0.25) is 4.79 Å². The van der Waals surface area contributed by atoms with Crippen molar-refractivity contribution in [1.29, 1.82) is 0 Å². The van der Waals surface area contributed by atoms with Crippen molar-refractivity contribution in [3.8, 4) is 16.9 Å². The quantitative estimate of drug-likeness (QED) is 0.347. The predicted molar refractivity (Wildman–Crippen MR) is 128 cm³/mol. The third-order valence-electron chi connectivity index (χ3n) is 5.35. The summed E-state index contributed by atoms with van der Waals surface area (Å²) in [7, 11) is 0. The molecule has 0 spiro atoms. The standard InChI is InChI=1S/C24H25N3O3S2/c1-16(28)22(27-11-21(24(25)29)26-15-27)7-6-17-4-2-3-5-23(17)30-12-20-10-19(14-32-20)18-8-9-31-13-18/h2-5,8-11,13-16,22,28H,6-7,12H2,1H3,(H2,25,29)/t16-,22+/m0/s1. The summed E-state index contributed by atoms with van der Waals surface area (Å²) in [6.07, 6.45) is 3.89. The third-order valence-corrected chi connectivity index (χ3v) is 6.95. The van der Waals surface area contributed by atoms with Gasteiger partial charge < -0.3 is 20.1 Å². The number of primary amides is 1. The number of amides is 1. The van der Waals surface area contributed by atoms with Crippen LogP contribution in [-0.4, -0.2) is 26.7 Å². The van der Waals surface area contributed by atoms with Gasteiger partial charge in [0.15, 0.2) is 0 Å². The number of hydrogen-bond donors (Lipinski definition) is 2. The number of thiophene rings is 2. The van der Waals surface area contributed by atoms with Crippen molar-refractivity contribution in [3.63, 3.8) is 0 Å². The van der Waals surface area contributed by atoms with Crippen molar-refractivity contribution in [2.45, 2.75) is 38.5 Å². The lowest BCUT2D eigenvalue weighted by molar-refractivity contribution is 0.0994. The average molecular weight is 468 g/mol. The highest BCUT2D eigenvalue weighted by atomic mass is 32.1. The molecule has 8 heteroatoms. The SMILES string of the molecule is C[C@H](O)[C@@H](CCc1ccccc1OCc1cc(-c2ccsc2)cs1)n1cnc(C(N)=O)c1. The van der Waals surface area contributed by atoms with E-state index in [2.05, 4.69) is 33.3 Å². The fourth-order valence-electron chi connectivity index (χ4n) is 3.62. The molecule has 0 aliphatic heterocycles. The Labute approximate surface area is 194 Å². The molecule has 3 heterocycles. The maximum atomic E-state index is 11.4. The fraction of sp³-hybridized carbons (Fsp3) is 0.250. The summed E-state index contributed by atoms with van der Waals surface area (Å²) in [5, 5.41) is 16.7. The smallest absolute Gasteiger partial charge is 0.268 e. The van der Waals surface area contributed by atoms with Gasteiger partial charge >= 0.3 is 0 Å². The number of hydrogen-bond acceptors (Lipinski definition) is 6. The van der Waals surface area contributed by atoms with Crippen LogP contribution in [-0.2, 0) is 13.0 Å². The molecule has 0 radical (unpaired) electrons. The number of carbonyl (C=O) groups excluding carboxylic acids is 1. The molecule has 3 N–H and O–H groups in total. The number of nitrogens with two attached hydrogens (primary N) is 1. The van der Waals surface area contributed by atoms with Crippen molar-refractivity contribution >= 4 is 28.6 Å².